The molecular formula is C11H12Cl2N2O4. The molecule has 1 N–H and O–H groups in total. The van der Waals surface area contributed by atoms with Crippen molar-refractivity contribution in [2.75, 3.05) is 31.2 Å². The van der Waals surface area contributed by atoms with Crippen molar-refractivity contribution in [3.63, 3.8) is 0 Å². The number of nitrogens with zero attached hydrogens (tertiary/aromatic N) is 2. The molecule has 2 rings (SSSR count). The van der Waals surface area contributed by atoms with E-state index in [1.54, 1.807) is 0 Å². The molecule has 1 saturated heterocycles. The predicted molar refractivity (Wildman–Crippen MR) is 72.2 cm³/mol. The fourth-order valence-electron chi connectivity index (χ4n) is 1.99. The van der Waals surface area contributed by atoms with Crippen molar-refractivity contribution in [2.24, 2.45) is 0 Å². The Morgan fingerprint density at radius 2 is 2.11 bits per heavy atom. The van der Waals surface area contributed by atoms with E-state index in [2.05, 4.69) is 0 Å². The van der Waals surface area contributed by atoms with Gasteiger partial charge in [-0.05, 0) is 0 Å². The van der Waals surface area contributed by atoms with Gasteiger partial charge in [0.2, 0.25) is 0 Å². The molecule has 0 bridgehead atoms. The number of aliphatic hydroxyl groups is 1. The van der Waals surface area contributed by atoms with Gasteiger partial charge in [0.25, 0.3) is 5.69 Å². The average Bonchev–Trinajstić information content (AvgIpc) is 2.38. The molecule has 104 valence electrons. The quantitative estimate of drug-likeness (QED) is 0.683. The Kier molecular flexibility index (Phi) is 4.46. The summed E-state index contributed by atoms with van der Waals surface area (Å²) in [5.74, 6) is 0. The van der Waals surface area contributed by atoms with Crippen LogP contribution < -0.4 is 4.90 Å². The fourth-order valence-corrected chi connectivity index (χ4v) is 2.71. The van der Waals surface area contributed by atoms with Gasteiger partial charge in [-0.15, -0.1) is 0 Å². The largest absolute Gasteiger partial charge is 0.394 e. The first-order valence-corrected chi connectivity index (χ1v) is 6.39. The molecule has 1 fully saturated rings. The Morgan fingerprint density at radius 1 is 1.47 bits per heavy atom. The van der Waals surface area contributed by atoms with Crippen LogP contribution in [0.5, 0.6) is 0 Å². The Labute approximate surface area is 119 Å². The molecule has 0 aliphatic carbocycles. The van der Waals surface area contributed by atoms with E-state index in [9.17, 15) is 10.1 Å². The summed E-state index contributed by atoms with van der Waals surface area (Å²) in [5, 5.41) is 20.3. The first kappa shape index (κ1) is 14.3. The van der Waals surface area contributed by atoms with E-state index in [1.807, 2.05) is 4.90 Å². The van der Waals surface area contributed by atoms with E-state index in [0.29, 0.717) is 25.4 Å². The highest BCUT2D eigenvalue weighted by Gasteiger charge is 2.25. The van der Waals surface area contributed by atoms with Gasteiger partial charge < -0.3 is 14.7 Å². The van der Waals surface area contributed by atoms with Crippen LogP contribution in [0.15, 0.2) is 12.1 Å². The number of hydrogen-bond acceptors (Lipinski definition) is 5. The zero-order chi connectivity index (χ0) is 14.0. The summed E-state index contributed by atoms with van der Waals surface area (Å²) >= 11 is 12.1. The van der Waals surface area contributed by atoms with Crippen LogP contribution in [0.1, 0.15) is 0 Å². The van der Waals surface area contributed by atoms with Gasteiger partial charge in [0.05, 0.1) is 40.0 Å². The SMILES string of the molecule is O=[N+]([O-])c1cc(Cl)c(N2CCOC(CO)C2)c(Cl)c1. The third kappa shape index (κ3) is 3.09. The number of halogens is 2. The van der Waals surface area contributed by atoms with Gasteiger partial charge in [-0.2, -0.15) is 0 Å². The molecule has 19 heavy (non-hydrogen) atoms. The number of morpholine rings is 1. The number of benzene rings is 1. The Bertz CT molecular complexity index is 475. The van der Waals surface area contributed by atoms with Gasteiger partial charge in [-0.25, -0.2) is 0 Å². The molecule has 1 atom stereocenters. The topological polar surface area (TPSA) is 75.8 Å². The molecule has 0 aromatic heterocycles. The van der Waals surface area contributed by atoms with Gasteiger partial charge in [0.15, 0.2) is 0 Å². The second-order valence-electron chi connectivity index (χ2n) is 4.14. The lowest BCUT2D eigenvalue weighted by atomic mass is 10.2. The first-order chi connectivity index (χ1) is 9.02. The molecule has 6 nitrogen and oxygen atoms in total. The fraction of sp³-hybridized carbons (Fsp3) is 0.455. The van der Waals surface area contributed by atoms with Gasteiger partial charge in [-0.1, -0.05) is 23.2 Å². The lowest BCUT2D eigenvalue weighted by Gasteiger charge is -2.34. The Hall–Kier alpha value is -1.08. The van der Waals surface area contributed by atoms with Crippen LogP contribution >= 0.6 is 23.2 Å². The number of ether oxygens (including phenoxy) is 1. The maximum absolute atomic E-state index is 10.7. The third-order valence-corrected chi connectivity index (χ3v) is 3.45. The molecule has 1 aliphatic heterocycles. The first-order valence-electron chi connectivity index (χ1n) is 5.63. The monoisotopic (exact) mass is 306 g/mol. The lowest BCUT2D eigenvalue weighted by Crippen LogP contribution is -2.44. The maximum atomic E-state index is 10.7. The summed E-state index contributed by atoms with van der Waals surface area (Å²) in [4.78, 5) is 12.0. The Morgan fingerprint density at radius 3 is 2.63 bits per heavy atom. The molecule has 1 aromatic rings. The van der Waals surface area contributed by atoms with Crippen molar-refractivity contribution in [1.82, 2.24) is 0 Å². The van der Waals surface area contributed by atoms with Crippen LogP contribution in [-0.2, 0) is 4.74 Å². The molecule has 8 heteroatoms. The summed E-state index contributed by atoms with van der Waals surface area (Å²) in [6, 6.07) is 2.54. The Balaban J connectivity index is 2.31. The predicted octanol–water partition coefficient (Wildman–Crippen LogP) is 2.10. The summed E-state index contributed by atoms with van der Waals surface area (Å²) in [6.07, 6.45) is -0.309. The number of hydrogen-bond donors (Lipinski definition) is 1. The molecule has 0 radical (unpaired) electrons. The summed E-state index contributed by atoms with van der Waals surface area (Å²) < 4.78 is 5.33. The lowest BCUT2D eigenvalue weighted by molar-refractivity contribution is -0.384. The van der Waals surface area contributed by atoms with E-state index in [1.165, 1.54) is 12.1 Å². The standard InChI is InChI=1S/C11H12Cl2N2O4/c12-9-3-7(15(17)18)4-10(13)11(9)14-1-2-19-8(5-14)6-16/h3-4,8,16H,1-2,5-6H2. The van der Waals surface area contributed by atoms with Crippen molar-refractivity contribution in [1.29, 1.82) is 0 Å². The van der Waals surface area contributed by atoms with Gasteiger partial charge in [0, 0.05) is 25.2 Å². The van der Waals surface area contributed by atoms with Crippen LogP contribution in [0.3, 0.4) is 0 Å². The van der Waals surface area contributed by atoms with Gasteiger partial charge >= 0.3 is 0 Å². The van der Waals surface area contributed by atoms with Crippen LogP contribution in [0.2, 0.25) is 10.0 Å². The number of nitro groups is 1. The van der Waals surface area contributed by atoms with Crippen LogP contribution in [0.25, 0.3) is 0 Å². The van der Waals surface area contributed by atoms with Crippen LogP contribution in [0.4, 0.5) is 11.4 Å². The second kappa shape index (κ2) is 5.92. The maximum Gasteiger partial charge on any atom is 0.272 e. The molecular weight excluding hydrogens is 295 g/mol. The van der Waals surface area contributed by atoms with Crippen molar-refractivity contribution in [3.05, 3.63) is 32.3 Å². The van der Waals surface area contributed by atoms with Crippen LogP contribution in [0, 0.1) is 10.1 Å². The van der Waals surface area contributed by atoms with Crippen molar-refractivity contribution in [2.45, 2.75) is 6.10 Å². The van der Waals surface area contributed by atoms with E-state index < -0.39 is 4.92 Å². The van der Waals surface area contributed by atoms with Gasteiger partial charge in [-0.3, -0.25) is 10.1 Å². The van der Waals surface area contributed by atoms with E-state index in [0.717, 1.165) is 0 Å². The molecule has 1 aliphatic rings. The minimum absolute atomic E-state index is 0.0985. The second-order valence-corrected chi connectivity index (χ2v) is 4.95. The zero-order valence-corrected chi connectivity index (χ0v) is 11.4. The minimum Gasteiger partial charge on any atom is -0.394 e. The highest BCUT2D eigenvalue weighted by molar-refractivity contribution is 6.39. The summed E-state index contributed by atoms with van der Waals surface area (Å²) in [7, 11) is 0. The minimum atomic E-state index is -0.544. The van der Waals surface area contributed by atoms with E-state index in [4.69, 9.17) is 33.0 Å². The normalized spacial score (nSPS) is 19.5. The molecule has 0 amide bonds. The summed E-state index contributed by atoms with van der Waals surface area (Å²) in [5.41, 5.74) is 0.390. The molecule has 0 spiro atoms. The molecule has 1 aromatic carbocycles. The third-order valence-electron chi connectivity index (χ3n) is 2.87. The highest BCUT2D eigenvalue weighted by atomic mass is 35.5. The number of aliphatic hydroxyl groups excluding tert-OH is 1. The van der Waals surface area contributed by atoms with Crippen molar-refractivity contribution >= 4 is 34.6 Å². The molecule has 1 heterocycles. The molecule has 0 saturated carbocycles. The van der Waals surface area contributed by atoms with Crippen LogP contribution in [-0.4, -0.2) is 42.4 Å². The van der Waals surface area contributed by atoms with Crippen molar-refractivity contribution < 1.29 is 14.8 Å². The van der Waals surface area contributed by atoms with Crippen molar-refractivity contribution in [3.8, 4) is 0 Å². The average molecular weight is 307 g/mol. The number of rotatable bonds is 3. The zero-order valence-electron chi connectivity index (χ0n) is 9.88. The number of nitro benzene ring substituents is 1. The number of anilines is 1. The van der Waals surface area contributed by atoms with E-state index in [-0.39, 0.29) is 28.4 Å². The van der Waals surface area contributed by atoms with Gasteiger partial charge in [0.1, 0.15) is 0 Å². The highest BCUT2D eigenvalue weighted by Crippen LogP contribution is 2.38. The van der Waals surface area contributed by atoms with E-state index >= 15 is 0 Å². The summed E-state index contributed by atoms with van der Waals surface area (Å²) in [6.45, 7) is 1.34. The number of non-ortho nitro benzene ring substituents is 1. The smallest absolute Gasteiger partial charge is 0.272 e. The molecule has 1 unspecified atom stereocenters.